The summed E-state index contributed by atoms with van der Waals surface area (Å²) < 4.78 is 5.03. The molecule has 2 rings (SSSR count). The quantitative estimate of drug-likeness (QED) is 0.389. The van der Waals surface area contributed by atoms with Gasteiger partial charge in [-0.3, -0.25) is 19.7 Å². The zero-order valence-electron chi connectivity index (χ0n) is 16.9. The first kappa shape index (κ1) is 22.5. The molecule has 2 aromatic carbocycles. The van der Waals surface area contributed by atoms with Crippen molar-refractivity contribution in [2.75, 3.05) is 11.9 Å². The minimum Gasteiger partial charge on any atom is -0.454 e. The molecule has 9 heteroatoms. The molecule has 0 spiro atoms. The third-order valence-corrected chi connectivity index (χ3v) is 4.32. The van der Waals surface area contributed by atoms with Crippen LogP contribution in [0.5, 0.6) is 0 Å². The molecule has 0 aliphatic heterocycles. The van der Waals surface area contributed by atoms with Gasteiger partial charge in [0.05, 0.1) is 4.92 Å². The third-order valence-electron chi connectivity index (χ3n) is 4.32. The van der Waals surface area contributed by atoms with Gasteiger partial charge in [0.1, 0.15) is 11.7 Å². The van der Waals surface area contributed by atoms with Crippen LogP contribution in [0.25, 0.3) is 0 Å². The topological polar surface area (TPSA) is 128 Å². The number of rotatable bonds is 8. The van der Waals surface area contributed by atoms with Crippen LogP contribution in [0.4, 0.5) is 11.4 Å². The fraction of sp³-hybridized carbons (Fsp3) is 0.286. The number of ether oxygens (including phenoxy) is 1. The summed E-state index contributed by atoms with van der Waals surface area (Å²) in [6.45, 7) is 4.61. The van der Waals surface area contributed by atoms with Gasteiger partial charge in [-0.1, -0.05) is 44.2 Å². The Morgan fingerprint density at radius 1 is 1.07 bits per heavy atom. The van der Waals surface area contributed by atoms with Crippen molar-refractivity contribution in [3.05, 3.63) is 69.8 Å². The average Bonchev–Trinajstić information content (AvgIpc) is 2.70. The van der Waals surface area contributed by atoms with Crippen LogP contribution in [0, 0.1) is 23.0 Å². The number of nitrogens with one attached hydrogen (secondary N) is 2. The molecule has 1 atom stereocenters. The van der Waals surface area contributed by atoms with Gasteiger partial charge >= 0.3 is 5.97 Å². The molecule has 0 aromatic heterocycles. The predicted octanol–water partition coefficient (Wildman–Crippen LogP) is 2.84. The standard InChI is InChI=1S/C21H23N3O6/c1-13(2)19(23-20(26)15-9-5-4-8-14(15)3)21(27)30-12-18(25)22-16-10-6-7-11-17(16)24(28)29/h4-11,13,19H,12H2,1-3H3,(H,22,25)(H,23,26)/t19-/m0/s1. The lowest BCUT2D eigenvalue weighted by Crippen LogP contribution is -2.46. The van der Waals surface area contributed by atoms with Gasteiger partial charge in [-0.25, -0.2) is 4.79 Å². The number of nitro groups is 1. The van der Waals surface area contributed by atoms with Crippen molar-refractivity contribution in [2.24, 2.45) is 5.92 Å². The van der Waals surface area contributed by atoms with E-state index in [9.17, 15) is 24.5 Å². The minimum atomic E-state index is -0.962. The van der Waals surface area contributed by atoms with Crippen LogP contribution < -0.4 is 10.6 Å². The van der Waals surface area contributed by atoms with Gasteiger partial charge in [0.2, 0.25) is 0 Å². The van der Waals surface area contributed by atoms with Crippen molar-refractivity contribution >= 4 is 29.2 Å². The maximum absolute atomic E-state index is 12.5. The van der Waals surface area contributed by atoms with Crippen molar-refractivity contribution in [3.63, 3.8) is 0 Å². The number of nitro benzene ring substituents is 1. The van der Waals surface area contributed by atoms with E-state index in [1.54, 1.807) is 45.0 Å². The Morgan fingerprint density at radius 3 is 2.33 bits per heavy atom. The van der Waals surface area contributed by atoms with Crippen molar-refractivity contribution in [3.8, 4) is 0 Å². The highest BCUT2D eigenvalue weighted by Gasteiger charge is 2.27. The van der Waals surface area contributed by atoms with Crippen molar-refractivity contribution in [2.45, 2.75) is 26.8 Å². The Morgan fingerprint density at radius 2 is 1.70 bits per heavy atom. The molecule has 0 bridgehead atoms. The number of esters is 1. The molecule has 0 aliphatic rings. The van der Waals surface area contributed by atoms with Crippen LogP contribution in [0.3, 0.4) is 0 Å². The van der Waals surface area contributed by atoms with Gasteiger partial charge in [0.25, 0.3) is 17.5 Å². The number of carbonyl (C=O) groups excluding carboxylic acids is 3. The summed E-state index contributed by atoms with van der Waals surface area (Å²) in [5.41, 5.74) is 0.916. The second-order valence-corrected chi connectivity index (χ2v) is 6.94. The largest absolute Gasteiger partial charge is 0.454 e. The van der Waals surface area contributed by atoms with Crippen molar-refractivity contribution in [1.82, 2.24) is 5.32 Å². The van der Waals surface area contributed by atoms with Gasteiger partial charge in [-0.2, -0.15) is 0 Å². The fourth-order valence-electron chi connectivity index (χ4n) is 2.70. The monoisotopic (exact) mass is 413 g/mol. The highest BCUT2D eigenvalue weighted by molar-refractivity contribution is 5.98. The van der Waals surface area contributed by atoms with Gasteiger partial charge < -0.3 is 15.4 Å². The zero-order chi connectivity index (χ0) is 22.3. The number of aryl methyl sites for hydroxylation is 1. The molecule has 2 amide bonds. The molecule has 9 nitrogen and oxygen atoms in total. The number of hydrogen-bond donors (Lipinski definition) is 2. The van der Waals surface area contributed by atoms with Gasteiger partial charge in [0, 0.05) is 11.6 Å². The molecule has 0 radical (unpaired) electrons. The van der Waals surface area contributed by atoms with E-state index >= 15 is 0 Å². The van der Waals surface area contributed by atoms with E-state index in [2.05, 4.69) is 10.6 Å². The van der Waals surface area contributed by atoms with Crippen LogP contribution in [0.2, 0.25) is 0 Å². The van der Waals surface area contributed by atoms with E-state index in [1.165, 1.54) is 24.3 Å². The molecular weight excluding hydrogens is 390 g/mol. The summed E-state index contributed by atoms with van der Waals surface area (Å²) in [4.78, 5) is 47.4. The number of benzene rings is 2. The molecule has 2 aromatic rings. The Balaban J connectivity index is 1.99. The Bertz CT molecular complexity index is 957. The minimum absolute atomic E-state index is 0.00295. The maximum Gasteiger partial charge on any atom is 0.329 e. The van der Waals surface area contributed by atoms with Crippen LogP contribution in [-0.2, 0) is 14.3 Å². The van der Waals surface area contributed by atoms with Crippen molar-refractivity contribution < 1.29 is 24.0 Å². The first-order valence-corrected chi connectivity index (χ1v) is 9.27. The maximum atomic E-state index is 12.5. The summed E-state index contributed by atoms with van der Waals surface area (Å²) in [6.07, 6.45) is 0. The van der Waals surface area contributed by atoms with Crippen LogP contribution >= 0.6 is 0 Å². The number of carbonyl (C=O) groups is 3. The Labute approximate surface area is 173 Å². The molecule has 0 aliphatic carbocycles. The lowest BCUT2D eigenvalue weighted by molar-refractivity contribution is -0.383. The van der Waals surface area contributed by atoms with E-state index in [-0.39, 0.29) is 17.3 Å². The molecular formula is C21H23N3O6. The van der Waals surface area contributed by atoms with Crippen LogP contribution in [0.15, 0.2) is 48.5 Å². The van der Waals surface area contributed by atoms with E-state index < -0.39 is 35.4 Å². The molecule has 0 saturated heterocycles. The Kier molecular flexibility index (Phi) is 7.62. The summed E-state index contributed by atoms with van der Waals surface area (Å²) in [6, 6.07) is 11.6. The molecule has 0 heterocycles. The number of amides is 2. The van der Waals surface area contributed by atoms with Crippen LogP contribution in [0.1, 0.15) is 29.8 Å². The number of hydrogen-bond acceptors (Lipinski definition) is 6. The zero-order valence-corrected chi connectivity index (χ0v) is 16.9. The van der Waals surface area contributed by atoms with Gasteiger partial charge in [-0.05, 0) is 30.5 Å². The van der Waals surface area contributed by atoms with E-state index in [4.69, 9.17) is 4.74 Å². The molecule has 0 saturated carbocycles. The highest BCUT2D eigenvalue weighted by Crippen LogP contribution is 2.23. The summed E-state index contributed by atoms with van der Waals surface area (Å²) >= 11 is 0. The first-order valence-electron chi connectivity index (χ1n) is 9.27. The molecule has 0 fully saturated rings. The third kappa shape index (κ3) is 5.87. The second-order valence-electron chi connectivity index (χ2n) is 6.94. The second kappa shape index (κ2) is 10.1. The summed E-state index contributed by atoms with van der Waals surface area (Å²) in [5.74, 6) is -2.22. The van der Waals surface area contributed by atoms with Gasteiger partial charge in [-0.15, -0.1) is 0 Å². The smallest absolute Gasteiger partial charge is 0.329 e. The lowest BCUT2D eigenvalue weighted by Gasteiger charge is -2.21. The Hall–Kier alpha value is -3.75. The fourth-order valence-corrected chi connectivity index (χ4v) is 2.70. The number of para-hydroxylation sites is 2. The average molecular weight is 413 g/mol. The van der Waals surface area contributed by atoms with Crippen LogP contribution in [-0.4, -0.2) is 35.4 Å². The predicted molar refractivity (Wildman–Crippen MR) is 110 cm³/mol. The van der Waals surface area contributed by atoms with E-state index in [1.807, 2.05) is 0 Å². The SMILES string of the molecule is Cc1ccccc1C(=O)N[C@H](C(=O)OCC(=O)Nc1ccccc1[N+](=O)[O-])C(C)C. The van der Waals surface area contributed by atoms with E-state index in [0.29, 0.717) is 5.56 Å². The highest BCUT2D eigenvalue weighted by atomic mass is 16.6. The molecule has 30 heavy (non-hydrogen) atoms. The molecule has 0 unspecified atom stereocenters. The van der Waals surface area contributed by atoms with Crippen molar-refractivity contribution in [1.29, 1.82) is 0 Å². The van der Waals surface area contributed by atoms with E-state index in [0.717, 1.165) is 5.56 Å². The first-order chi connectivity index (χ1) is 14.2. The van der Waals surface area contributed by atoms with Gasteiger partial charge in [0.15, 0.2) is 6.61 Å². The normalized spacial score (nSPS) is 11.5. The summed E-state index contributed by atoms with van der Waals surface area (Å²) in [5, 5.41) is 16.0. The number of anilines is 1. The molecule has 2 N–H and O–H groups in total. The lowest BCUT2D eigenvalue weighted by atomic mass is 10.0. The summed E-state index contributed by atoms with van der Waals surface area (Å²) in [7, 11) is 0. The number of nitrogens with zero attached hydrogens (tertiary/aromatic N) is 1. The molecule has 158 valence electrons.